The number of benzene rings is 2. The number of amides is 1. The van der Waals surface area contributed by atoms with Crippen LogP contribution in [-0.4, -0.2) is 25.4 Å². The first-order valence-electron chi connectivity index (χ1n) is 9.42. The highest BCUT2D eigenvalue weighted by Gasteiger charge is 2.12. The number of hydrogen-bond donors (Lipinski definition) is 2. The summed E-state index contributed by atoms with van der Waals surface area (Å²) in [6.45, 7) is 1.89. The van der Waals surface area contributed by atoms with Crippen molar-refractivity contribution >= 4 is 34.7 Å². The maximum atomic E-state index is 13.9. The van der Waals surface area contributed by atoms with Gasteiger partial charge in [-0.15, -0.1) is 0 Å². The van der Waals surface area contributed by atoms with Crippen LogP contribution in [0.15, 0.2) is 67.3 Å². The van der Waals surface area contributed by atoms with E-state index >= 15 is 0 Å². The number of hydrogen-bond acceptors (Lipinski definition) is 5. The summed E-state index contributed by atoms with van der Waals surface area (Å²) >= 11 is 5.98. The smallest absolute Gasteiger partial charge is 0.228 e. The van der Waals surface area contributed by atoms with E-state index in [2.05, 4.69) is 25.6 Å². The fourth-order valence-electron chi connectivity index (χ4n) is 3.02. The molecular formula is C22H18ClFN6O. The molecule has 0 fully saturated rings. The second-order valence-corrected chi connectivity index (χ2v) is 7.14. The zero-order chi connectivity index (χ0) is 21.8. The quantitative estimate of drug-likeness (QED) is 0.458. The first-order chi connectivity index (χ1) is 15.0. The van der Waals surface area contributed by atoms with Gasteiger partial charge in [-0.3, -0.25) is 9.36 Å². The Morgan fingerprint density at radius 3 is 2.58 bits per heavy atom. The van der Waals surface area contributed by atoms with Gasteiger partial charge >= 0.3 is 0 Å². The number of aryl methyl sites for hydroxylation is 1. The Morgan fingerprint density at radius 2 is 1.87 bits per heavy atom. The van der Waals surface area contributed by atoms with Gasteiger partial charge in [0.15, 0.2) is 0 Å². The normalized spacial score (nSPS) is 10.7. The number of nitrogens with zero attached hydrogens (tertiary/aromatic N) is 4. The summed E-state index contributed by atoms with van der Waals surface area (Å²) in [6, 6.07) is 13.2. The maximum absolute atomic E-state index is 13.9. The summed E-state index contributed by atoms with van der Waals surface area (Å²) in [5.41, 5.74) is 1.54. The first kappa shape index (κ1) is 20.5. The van der Waals surface area contributed by atoms with Crippen molar-refractivity contribution in [2.75, 3.05) is 10.6 Å². The van der Waals surface area contributed by atoms with E-state index in [9.17, 15) is 9.18 Å². The summed E-state index contributed by atoms with van der Waals surface area (Å²) in [5, 5.41) is 6.16. The molecule has 2 aromatic carbocycles. The maximum Gasteiger partial charge on any atom is 0.228 e. The number of aromatic nitrogens is 4. The Bertz CT molecular complexity index is 1200. The van der Waals surface area contributed by atoms with Crippen molar-refractivity contribution in [3.8, 4) is 5.82 Å². The van der Waals surface area contributed by atoms with Crippen LogP contribution in [0.3, 0.4) is 0 Å². The minimum Gasteiger partial charge on any atom is -0.340 e. The van der Waals surface area contributed by atoms with Crippen LogP contribution in [-0.2, 0) is 11.2 Å². The van der Waals surface area contributed by atoms with Gasteiger partial charge in [0, 0.05) is 40.4 Å². The molecule has 0 aliphatic heterocycles. The van der Waals surface area contributed by atoms with Crippen molar-refractivity contribution in [1.82, 2.24) is 19.5 Å². The van der Waals surface area contributed by atoms with E-state index in [0.29, 0.717) is 17.3 Å². The average Bonchev–Trinajstić information content (AvgIpc) is 3.18. The Hall–Kier alpha value is -3.78. The Balaban J connectivity index is 1.41. The molecule has 9 heteroatoms. The molecule has 2 heterocycles. The lowest BCUT2D eigenvalue weighted by Gasteiger charge is -2.10. The number of rotatable bonds is 6. The summed E-state index contributed by atoms with van der Waals surface area (Å²) in [4.78, 5) is 25.0. The van der Waals surface area contributed by atoms with Crippen LogP contribution in [0.4, 0.5) is 21.6 Å². The molecule has 4 aromatic rings. The monoisotopic (exact) mass is 436 g/mol. The summed E-state index contributed by atoms with van der Waals surface area (Å²) < 4.78 is 15.7. The van der Waals surface area contributed by atoms with Gasteiger partial charge < -0.3 is 10.6 Å². The SMILES string of the molecule is Cc1nccn1-c1cc(Nc2ccc(NC(=O)Cc3c(F)cccc3Cl)cc2)ncn1. The number of carbonyl (C=O) groups is 1. The van der Waals surface area contributed by atoms with Crippen LogP contribution in [0.2, 0.25) is 5.02 Å². The second-order valence-electron chi connectivity index (χ2n) is 6.73. The number of nitrogens with one attached hydrogen (secondary N) is 2. The molecule has 4 rings (SSSR count). The van der Waals surface area contributed by atoms with Crippen molar-refractivity contribution in [2.24, 2.45) is 0 Å². The Morgan fingerprint density at radius 1 is 1.10 bits per heavy atom. The van der Waals surface area contributed by atoms with E-state index in [1.807, 2.05) is 23.8 Å². The predicted molar refractivity (Wildman–Crippen MR) is 117 cm³/mol. The molecule has 0 spiro atoms. The lowest BCUT2D eigenvalue weighted by Crippen LogP contribution is -2.15. The molecule has 1 amide bonds. The van der Waals surface area contributed by atoms with Gasteiger partial charge in [-0.2, -0.15) is 0 Å². The predicted octanol–water partition coefficient (Wildman–Crippen LogP) is 4.69. The topological polar surface area (TPSA) is 84.7 Å². The number of carbonyl (C=O) groups excluding carboxylic acids is 1. The van der Waals surface area contributed by atoms with Gasteiger partial charge in [0.25, 0.3) is 0 Å². The summed E-state index contributed by atoms with van der Waals surface area (Å²) in [7, 11) is 0. The molecule has 0 aliphatic carbocycles. The molecule has 7 nitrogen and oxygen atoms in total. The van der Waals surface area contributed by atoms with Gasteiger partial charge in [0.1, 0.15) is 29.6 Å². The van der Waals surface area contributed by atoms with Crippen LogP contribution in [0.25, 0.3) is 5.82 Å². The standard InChI is InChI=1S/C22H18ClFN6O/c1-14-25-9-10-30(14)21-12-20(26-13-27-21)28-15-5-7-16(8-6-15)29-22(31)11-17-18(23)3-2-4-19(17)24/h2-10,12-13H,11H2,1H3,(H,29,31)(H,26,27,28). The number of imidazole rings is 1. The molecule has 0 aliphatic rings. The second kappa shape index (κ2) is 8.93. The van der Waals surface area contributed by atoms with Gasteiger partial charge in [-0.05, 0) is 43.3 Å². The third-order valence-electron chi connectivity index (χ3n) is 4.57. The van der Waals surface area contributed by atoms with Crippen molar-refractivity contribution in [2.45, 2.75) is 13.3 Å². The van der Waals surface area contributed by atoms with E-state index in [-0.39, 0.29) is 22.9 Å². The van der Waals surface area contributed by atoms with E-state index in [0.717, 1.165) is 11.5 Å². The molecule has 0 atom stereocenters. The average molecular weight is 437 g/mol. The fraction of sp³-hybridized carbons (Fsp3) is 0.0909. The molecule has 0 saturated carbocycles. The highest BCUT2D eigenvalue weighted by Crippen LogP contribution is 2.22. The van der Waals surface area contributed by atoms with Crippen LogP contribution in [0, 0.1) is 12.7 Å². The van der Waals surface area contributed by atoms with Crippen molar-refractivity contribution in [3.05, 3.63) is 89.5 Å². The van der Waals surface area contributed by atoms with Crippen molar-refractivity contribution in [1.29, 1.82) is 0 Å². The largest absolute Gasteiger partial charge is 0.340 e. The van der Waals surface area contributed by atoms with E-state index < -0.39 is 5.82 Å². The molecular weight excluding hydrogens is 419 g/mol. The number of anilines is 3. The third kappa shape index (κ3) is 4.87. The Kier molecular flexibility index (Phi) is 5.90. The van der Waals surface area contributed by atoms with Crippen LogP contribution >= 0.6 is 11.6 Å². The number of halogens is 2. The molecule has 0 bridgehead atoms. The molecule has 156 valence electrons. The van der Waals surface area contributed by atoms with E-state index in [4.69, 9.17) is 11.6 Å². The minimum absolute atomic E-state index is 0.150. The van der Waals surface area contributed by atoms with Gasteiger partial charge in [-0.25, -0.2) is 19.3 Å². The zero-order valence-corrected chi connectivity index (χ0v) is 17.3. The molecule has 31 heavy (non-hydrogen) atoms. The van der Waals surface area contributed by atoms with E-state index in [1.54, 1.807) is 36.5 Å². The molecule has 2 N–H and O–H groups in total. The van der Waals surface area contributed by atoms with Crippen LogP contribution in [0.1, 0.15) is 11.4 Å². The highest BCUT2D eigenvalue weighted by molar-refractivity contribution is 6.31. The first-order valence-corrected chi connectivity index (χ1v) is 9.79. The highest BCUT2D eigenvalue weighted by atomic mass is 35.5. The van der Waals surface area contributed by atoms with Gasteiger partial charge in [0.05, 0.1) is 6.42 Å². The lowest BCUT2D eigenvalue weighted by molar-refractivity contribution is -0.115. The minimum atomic E-state index is -0.502. The summed E-state index contributed by atoms with van der Waals surface area (Å²) in [6.07, 6.45) is 4.85. The van der Waals surface area contributed by atoms with Crippen LogP contribution in [0.5, 0.6) is 0 Å². The Labute approximate surface area is 183 Å². The van der Waals surface area contributed by atoms with Crippen molar-refractivity contribution in [3.63, 3.8) is 0 Å². The van der Waals surface area contributed by atoms with Crippen LogP contribution < -0.4 is 10.6 Å². The molecule has 0 radical (unpaired) electrons. The fourth-order valence-corrected chi connectivity index (χ4v) is 3.25. The zero-order valence-electron chi connectivity index (χ0n) is 16.5. The lowest BCUT2D eigenvalue weighted by atomic mass is 10.1. The molecule has 0 saturated heterocycles. The third-order valence-corrected chi connectivity index (χ3v) is 4.92. The summed E-state index contributed by atoms with van der Waals surface area (Å²) in [5.74, 6) is 1.27. The molecule has 0 unspecified atom stereocenters. The van der Waals surface area contributed by atoms with E-state index in [1.165, 1.54) is 18.5 Å². The van der Waals surface area contributed by atoms with Gasteiger partial charge in [-0.1, -0.05) is 17.7 Å². The van der Waals surface area contributed by atoms with Crippen molar-refractivity contribution < 1.29 is 9.18 Å². The van der Waals surface area contributed by atoms with Gasteiger partial charge in [0.2, 0.25) is 5.91 Å². The molecule has 2 aromatic heterocycles.